The maximum Gasteiger partial charge on any atom is 0.309 e. The molecule has 1 fully saturated rings. The highest BCUT2D eigenvalue weighted by Gasteiger charge is 2.43. The zero-order valence-electron chi connectivity index (χ0n) is 8.76. The first-order valence-electron chi connectivity index (χ1n) is 5.36. The van der Waals surface area contributed by atoms with Crippen LogP contribution in [0.3, 0.4) is 0 Å². The highest BCUT2D eigenvalue weighted by atomic mass is 16.6. The Hall–Kier alpha value is -1.61. The van der Waals surface area contributed by atoms with E-state index in [-0.39, 0.29) is 24.3 Å². The molecule has 0 unspecified atom stereocenters. The van der Waals surface area contributed by atoms with Crippen molar-refractivity contribution in [1.29, 1.82) is 0 Å². The number of carbonyl (C=O) groups is 1. The van der Waals surface area contributed by atoms with E-state index in [4.69, 9.17) is 9.47 Å². The molecule has 0 spiro atoms. The fraction of sp³-hybridized carbons (Fsp3) is 0.308. The second-order valence-corrected chi connectivity index (χ2v) is 4.07. The SMILES string of the molecule is C=C[C@H]1O[C@H]2CC(=O)O[C@H]2c2ccccc21. The summed E-state index contributed by atoms with van der Waals surface area (Å²) in [6.07, 6.45) is 1.57. The molecule has 1 aromatic rings. The number of carbonyl (C=O) groups excluding carboxylic acids is 1. The largest absolute Gasteiger partial charge is 0.455 e. The molecule has 2 aliphatic rings. The minimum Gasteiger partial charge on any atom is -0.455 e. The van der Waals surface area contributed by atoms with E-state index in [1.807, 2.05) is 24.3 Å². The minimum atomic E-state index is -0.236. The van der Waals surface area contributed by atoms with E-state index < -0.39 is 0 Å². The number of hydrogen-bond acceptors (Lipinski definition) is 3. The number of hydrogen-bond donors (Lipinski definition) is 0. The van der Waals surface area contributed by atoms with Crippen molar-refractivity contribution in [3.63, 3.8) is 0 Å². The molecule has 2 aliphatic heterocycles. The lowest BCUT2D eigenvalue weighted by Crippen LogP contribution is -2.26. The Labute approximate surface area is 93.7 Å². The molecule has 0 amide bonds. The van der Waals surface area contributed by atoms with E-state index >= 15 is 0 Å². The first-order chi connectivity index (χ1) is 7.79. The Balaban J connectivity index is 2.09. The lowest BCUT2D eigenvalue weighted by Gasteiger charge is -2.31. The van der Waals surface area contributed by atoms with Gasteiger partial charge in [-0.25, -0.2) is 0 Å². The highest BCUT2D eigenvalue weighted by Crippen LogP contribution is 2.43. The summed E-state index contributed by atoms with van der Waals surface area (Å²) in [7, 11) is 0. The predicted molar refractivity (Wildman–Crippen MR) is 57.7 cm³/mol. The molecule has 3 atom stereocenters. The van der Waals surface area contributed by atoms with E-state index in [9.17, 15) is 4.79 Å². The molecule has 3 nitrogen and oxygen atoms in total. The number of esters is 1. The summed E-state index contributed by atoms with van der Waals surface area (Å²) in [5, 5.41) is 0. The van der Waals surface area contributed by atoms with Crippen LogP contribution >= 0.6 is 0 Å². The van der Waals surface area contributed by atoms with Gasteiger partial charge in [-0.05, 0) is 5.56 Å². The molecule has 0 bridgehead atoms. The van der Waals surface area contributed by atoms with Crippen molar-refractivity contribution in [2.75, 3.05) is 0 Å². The summed E-state index contributed by atoms with van der Waals surface area (Å²) in [6.45, 7) is 3.77. The smallest absolute Gasteiger partial charge is 0.309 e. The normalized spacial score (nSPS) is 31.5. The van der Waals surface area contributed by atoms with E-state index in [0.717, 1.165) is 11.1 Å². The fourth-order valence-electron chi connectivity index (χ4n) is 2.39. The third-order valence-electron chi connectivity index (χ3n) is 3.11. The summed E-state index contributed by atoms with van der Waals surface area (Å²) in [5.74, 6) is -0.186. The Morgan fingerprint density at radius 2 is 2.06 bits per heavy atom. The Kier molecular flexibility index (Phi) is 2.07. The topological polar surface area (TPSA) is 35.5 Å². The molecule has 82 valence electrons. The van der Waals surface area contributed by atoms with Crippen molar-refractivity contribution in [1.82, 2.24) is 0 Å². The van der Waals surface area contributed by atoms with Gasteiger partial charge in [0.25, 0.3) is 0 Å². The Morgan fingerprint density at radius 3 is 2.81 bits per heavy atom. The Morgan fingerprint density at radius 1 is 1.31 bits per heavy atom. The number of fused-ring (bicyclic) bond motifs is 3. The van der Waals surface area contributed by atoms with Crippen LogP contribution in [0.15, 0.2) is 36.9 Å². The van der Waals surface area contributed by atoms with Crippen LogP contribution in [0.1, 0.15) is 29.8 Å². The molecule has 16 heavy (non-hydrogen) atoms. The van der Waals surface area contributed by atoms with Crippen LogP contribution in [0.5, 0.6) is 0 Å². The maximum absolute atomic E-state index is 11.3. The van der Waals surface area contributed by atoms with Gasteiger partial charge in [-0.3, -0.25) is 4.79 Å². The summed E-state index contributed by atoms with van der Waals surface area (Å²) >= 11 is 0. The van der Waals surface area contributed by atoms with Crippen molar-refractivity contribution >= 4 is 5.97 Å². The molecule has 3 rings (SSSR count). The first-order valence-corrected chi connectivity index (χ1v) is 5.36. The molecule has 1 saturated heterocycles. The van der Waals surface area contributed by atoms with Gasteiger partial charge in [0, 0.05) is 5.56 Å². The van der Waals surface area contributed by atoms with Gasteiger partial charge < -0.3 is 9.47 Å². The van der Waals surface area contributed by atoms with Crippen molar-refractivity contribution in [3.8, 4) is 0 Å². The average molecular weight is 216 g/mol. The van der Waals surface area contributed by atoms with Crippen LogP contribution in [0.4, 0.5) is 0 Å². The molecule has 3 heteroatoms. The summed E-state index contributed by atoms with van der Waals surface area (Å²) in [6, 6.07) is 7.89. The van der Waals surface area contributed by atoms with Gasteiger partial charge in [0.15, 0.2) is 6.10 Å². The number of rotatable bonds is 1. The second kappa shape index (κ2) is 3.46. The quantitative estimate of drug-likeness (QED) is 0.533. The van der Waals surface area contributed by atoms with Crippen LogP contribution in [0.2, 0.25) is 0 Å². The molecule has 1 aromatic carbocycles. The van der Waals surface area contributed by atoms with Crippen molar-refractivity contribution in [3.05, 3.63) is 48.0 Å². The van der Waals surface area contributed by atoms with Crippen LogP contribution < -0.4 is 0 Å². The molecule has 0 saturated carbocycles. The van der Waals surface area contributed by atoms with E-state index in [1.165, 1.54) is 0 Å². The first kappa shape index (κ1) is 9.60. The van der Waals surface area contributed by atoms with E-state index in [1.54, 1.807) is 6.08 Å². The second-order valence-electron chi connectivity index (χ2n) is 4.07. The van der Waals surface area contributed by atoms with Crippen molar-refractivity contribution in [2.45, 2.75) is 24.7 Å². The fourth-order valence-corrected chi connectivity index (χ4v) is 2.39. The van der Waals surface area contributed by atoms with Crippen LogP contribution in [0, 0.1) is 0 Å². The van der Waals surface area contributed by atoms with Gasteiger partial charge in [0.2, 0.25) is 0 Å². The molecule has 0 aromatic heterocycles. The summed E-state index contributed by atoms with van der Waals surface area (Å²) in [5.41, 5.74) is 2.10. The predicted octanol–water partition coefficient (Wildman–Crippen LogP) is 2.30. The van der Waals surface area contributed by atoms with Crippen LogP contribution in [0.25, 0.3) is 0 Å². The zero-order chi connectivity index (χ0) is 11.1. The zero-order valence-corrected chi connectivity index (χ0v) is 8.76. The van der Waals surface area contributed by atoms with Crippen LogP contribution in [-0.2, 0) is 14.3 Å². The molecular formula is C13H12O3. The van der Waals surface area contributed by atoms with Gasteiger partial charge in [0.1, 0.15) is 12.2 Å². The van der Waals surface area contributed by atoms with E-state index in [0.29, 0.717) is 6.42 Å². The van der Waals surface area contributed by atoms with Gasteiger partial charge in [0.05, 0.1) is 6.42 Å². The van der Waals surface area contributed by atoms with Crippen molar-refractivity contribution < 1.29 is 14.3 Å². The lowest BCUT2D eigenvalue weighted by molar-refractivity contribution is -0.143. The van der Waals surface area contributed by atoms with Crippen LogP contribution in [-0.4, -0.2) is 12.1 Å². The molecule has 0 radical (unpaired) electrons. The third kappa shape index (κ3) is 1.28. The molecule has 0 aliphatic carbocycles. The van der Waals surface area contributed by atoms with Gasteiger partial charge in [-0.15, -0.1) is 6.58 Å². The number of benzene rings is 1. The minimum absolute atomic E-state index is 0.132. The number of ether oxygens (including phenoxy) is 2. The third-order valence-corrected chi connectivity index (χ3v) is 3.11. The van der Waals surface area contributed by atoms with E-state index in [2.05, 4.69) is 6.58 Å². The Bertz CT molecular complexity index is 452. The summed E-state index contributed by atoms with van der Waals surface area (Å²) in [4.78, 5) is 11.3. The van der Waals surface area contributed by atoms with Crippen molar-refractivity contribution in [2.24, 2.45) is 0 Å². The highest BCUT2D eigenvalue weighted by molar-refractivity contribution is 5.73. The maximum atomic E-state index is 11.3. The molecule has 2 heterocycles. The van der Waals surface area contributed by atoms with Gasteiger partial charge in [-0.1, -0.05) is 30.3 Å². The molecule has 0 N–H and O–H groups in total. The lowest BCUT2D eigenvalue weighted by atomic mass is 9.92. The van der Waals surface area contributed by atoms with Gasteiger partial charge >= 0.3 is 5.97 Å². The average Bonchev–Trinajstić information content (AvgIpc) is 2.68. The molecular weight excluding hydrogens is 204 g/mol. The monoisotopic (exact) mass is 216 g/mol. The standard InChI is InChI=1S/C13H12O3/c1-2-10-8-5-3-4-6-9(8)13-11(15-10)7-12(14)16-13/h2-6,10-11,13H,1,7H2/t10-,11+,13+/m1/s1. The summed E-state index contributed by atoms with van der Waals surface area (Å²) < 4.78 is 11.1. The van der Waals surface area contributed by atoms with Gasteiger partial charge in [-0.2, -0.15) is 0 Å².